The Balaban J connectivity index is 1.28. The molecule has 2 atom stereocenters. The van der Waals surface area contributed by atoms with Crippen LogP contribution in [0.1, 0.15) is 5.56 Å². The van der Waals surface area contributed by atoms with Crippen molar-refractivity contribution in [1.82, 2.24) is 19.3 Å². The second-order valence-electron chi connectivity index (χ2n) is 8.16. The molecule has 4 aromatic rings. The summed E-state index contributed by atoms with van der Waals surface area (Å²) in [5.74, 6) is -0.382. The van der Waals surface area contributed by atoms with Crippen LogP contribution in [-0.4, -0.2) is 50.4 Å². The molecule has 0 spiro atoms. The average Bonchev–Trinajstić information content (AvgIpc) is 3.61. The van der Waals surface area contributed by atoms with E-state index in [1.165, 1.54) is 0 Å². The molecule has 1 saturated heterocycles. The van der Waals surface area contributed by atoms with E-state index in [-0.39, 0.29) is 12.7 Å². The zero-order valence-electron chi connectivity index (χ0n) is 18.8. The third kappa shape index (κ3) is 5.22. The van der Waals surface area contributed by atoms with Crippen LogP contribution in [0.5, 0.6) is 5.75 Å². The lowest BCUT2D eigenvalue weighted by atomic mass is 10.1. The van der Waals surface area contributed by atoms with Crippen molar-refractivity contribution in [3.63, 3.8) is 0 Å². The van der Waals surface area contributed by atoms with Gasteiger partial charge in [0.25, 0.3) is 0 Å². The maximum Gasteiger partial charge on any atom is 0.215 e. The Kier molecular flexibility index (Phi) is 7.08. The van der Waals surface area contributed by atoms with E-state index in [9.17, 15) is 5.11 Å². The third-order valence-corrected chi connectivity index (χ3v) is 6.31. The first-order valence-electron chi connectivity index (χ1n) is 11.2. The van der Waals surface area contributed by atoms with Gasteiger partial charge >= 0.3 is 0 Å². The highest BCUT2D eigenvalue weighted by atomic mass is 35.5. The van der Waals surface area contributed by atoms with E-state index in [1.807, 2.05) is 47.2 Å². The molecule has 2 aromatic heterocycles. The average molecular weight is 515 g/mol. The van der Waals surface area contributed by atoms with Crippen molar-refractivity contribution in [2.24, 2.45) is 0 Å². The van der Waals surface area contributed by atoms with Gasteiger partial charge in [-0.05, 0) is 42.5 Å². The van der Waals surface area contributed by atoms with Crippen LogP contribution in [0, 0.1) is 0 Å². The molecular formula is C25H24Cl2N4O4. The Labute approximate surface area is 212 Å². The first-order valence-corrected chi connectivity index (χ1v) is 11.9. The molecule has 1 aliphatic rings. The molecular weight excluding hydrogens is 491 g/mol. The van der Waals surface area contributed by atoms with Crippen molar-refractivity contribution < 1.29 is 19.3 Å². The number of rotatable bonds is 9. The highest BCUT2D eigenvalue weighted by Crippen LogP contribution is 2.40. The Morgan fingerprint density at radius 3 is 2.71 bits per heavy atom. The van der Waals surface area contributed by atoms with E-state index >= 15 is 0 Å². The lowest BCUT2D eigenvalue weighted by Gasteiger charge is -2.30. The van der Waals surface area contributed by atoms with Gasteiger partial charge in [-0.25, -0.2) is 4.98 Å². The van der Waals surface area contributed by atoms with Gasteiger partial charge in [0, 0.05) is 34.7 Å². The number of ether oxygens (including phenoxy) is 3. The molecule has 0 amide bonds. The number of aliphatic hydroxyl groups excluding tert-OH is 1. The first kappa shape index (κ1) is 23.8. The summed E-state index contributed by atoms with van der Waals surface area (Å²) in [7, 11) is 0. The normalized spacial score (nSPS) is 19.8. The Morgan fingerprint density at radius 2 is 1.97 bits per heavy atom. The van der Waals surface area contributed by atoms with Gasteiger partial charge in [-0.2, -0.15) is 5.10 Å². The van der Waals surface area contributed by atoms with Crippen molar-refractivity contribution in [1.29, 1.82) is 0 Å². The summed E-state index contributed by atoms with van der Waals surface area (Å²) in [6.07, 6.45) is 6.66. The quantitative estimate of drug-likeness (QED) is 0.356. The minimum absolute atomic E-state index is 0.0307. The van der Waals surface area contributed by atoms with Crippen LogP contribution in [0.2, 0.25) is 10.0 Å². The summed E-state index contributed by atoms with van der Waals surface area (Å²) in [4.78, 5) is 4.12. The molecule has 35 heavy (non-hydrogen) atoms. The Bertz CT molecular complexity index is 1260. The maximum absolute atomic E-state index is 9.22. The van der Waals surface area contributed by atoms with Gasteiger partial charge in [-0.1, -0.05) is 29.3 Å². The molecule has 2 aromatic carbocycles. The van der Waals surface area contributed by atoms with Crippen LogP contribution >= 0.6 is 23.2 Å². The Hall–Kier alpha value is -2.88. The molecule has 5 rings (SSSR count). The molecule has 0 saturated carbocycles. The fourth-order valence-electron chi connectivity index (χ4n) is 4.14. The molecule has 10 heteroatoms. The third-order valence-electron chi connectivity index (χ3n) is 5.77. The van der Waals surface area contributed by atoms with E-state index in [1.54, 1.807) is 35.5 Å². The molecule has 182 valence electrons. The van der Waals surface area contributed by atoms with Crippen molar-refractivity contribution in [2.45, 2.75) is 25.0 Å². The first-order chi connectivity index (χ1) is 17.1. The fraction of sp³-hybridized carbons (Fsp3) is 0.280. The molecule has 3 heterocycles. The van der Waals surface area contributed by atoms with Gasteiger partial charge in [-0.15, -0.1) is 0 Å². The molecule has 1 aliphatic heterocycles. The number of benzene rings is 2. The van der Waals surface area contributed by atoms with Gasteiger partial charge in [0.05, 0.1) is 43.3 Å². The van der Waals surface area contributed by atoms with E-state index in [2.05, 4.69) is 10.1 Å². The SMILES string of the molecule is OCCn1nccc1-c1ccc(OCC2COC(Cn3ccnc3)(c3ccc(Cl)cc3Cl)O2)cc1. The number of aromatic nitrogens is 4. The Morgan fingerprint density at radius 1 is 1.11 bits per heavy atom. The van der Waals surface area contributed by atoms with E-state index in [4.69, 9.17) is 37.4 Å². The summed E-state index contributed by atoms with van der Waals surface area (Å²) >= 11 is 12.6. The molecule has 1 N–H and O–H groups in total. The number of halogens is 2. The molecule has 2 unspecified atom stereocenters. The molecule has 1 fully saturated rings. The van der Waals surface area contributed by atoms with Crippen LogP contribution in [0.25, 0.3) is 11.3 Å². The van der Waals surface area contributed by atoms with Crippen LogP contribution < -0.4 is 4.74 Å². The largest absolute Gasteiger partial charge is 0.491 e. The summed E-state index contributed by atoms with van der Waals surface area (Å²) in [5, 5.41) is 14.5. The van der Waals surface area contributed by atoms with Gasteiger partial charge in [-0.3, -0.25) is 4.68 Å². The van der Waals surface area contributed by atoms with Crippen LogP contribution in [0.4, 0.5) is 0 Å². The molecule has 0 aliphatic carbocycles. The number of hydrogen-bond acceptors (Lipinski definition) is 6. The second kappa shape index (κ2) is 10.4. The van der Waals surface area contributed by atoms with Crippen molar-refractivity contribution in [3.05, 3.63) is 89.1 Å². The van der Waals surface area contributed by atoms with Gasteiger partial charge in [0.15, 0.2) is 0 Å². The van der Waals surface area contributed by atoms with Gasteiger partial charge < -0.3 is 23.9 Å². The number of hydrogen-bond donors (Lipinski definition) is 1. The second-order valence-corrected chi connectivity index (χ2v) is 9.01. The number of aliphatic hydroxyl groups is 1. The van der Waals surface area contributed by atoms with E-state index < -0.39 is 5.79 Å². The van der Waals surface area contributed by atoms with Crippen LogP contribution in [-0.2, 0) is 28.4 Å². The zero-order chi connectivity index (χ0) is 24.3. The molecule has 0 bridgehead atoms. The monoisotopic (exact) mass is 514 g/mol. The van der Waals surface area contributed by atoms with Crippen LogP contribution in [0.3, 0.4) is 0 Å². The minimum Gasteiger partial charge on any atom is -0.491 e. The topological polar surface area (TPSA) is 83.6 Å². The molecule has 8 nitrogen and oxygen atoms in total. The van der Waals surface area contributed by atoms with E-state index in [0.717, 1.165) is 11.3 Å². The highest BCUT2D eigenvalue weighted by Gasteiger charge is 2.45. The zero-order valence-corrected chi connectivity index (χ0v) is 20.3. The summed E-state index contributed by atoms with van der Waals surface area (Å²) in [6.45, 7) is 1.49. The van der Waals surface area contributed by atoms with Crippen molar-refractivity contribution in [3.8, 4) is 17.0 Å². The summed E-state index contributed by atoms with van der Waals surface area (Å²) < 4.78 is 22.3. The lowest BCUT2D eigenvalue weighted by molar-refractivity contribution is -0.189. The smallest absolute Gasteiger partial charge is 0.215 e. The predicted molar refractivity (Wildman–Crippen MR) is 131 cm³/mol. The van der Waals surface area contributed by atoms with Crippen molar-refractivity contribution in [2.75, 3.05) is 19.8 Å². The highest BCUT2D eigenvalue weighted by molar-refractivity contribution is 6.35. The van der Waals surface area contributed by atoms with Gasteiger partial charge in [0.2, 0.25) is 5.79 Å². The standard InChI is InChI=1S/C25H24Cl2N4O4/c26-19-3-6-22(23(27)13-19)25(16-30-10-9-28-17-30)34-15-21(35-25)14-33-20-4-1-18(2-5-20)24-7-8-29-31(24)11-12-32/h1-10,13,17,21,32H,11-12,14-16H2. The maximum atomic E-state index is 9.22. The number of imidazole rings is 1. The molecule has 0 radical (unpaired) electrons. The number of nitrogens with zero attached hydrogens (tertiary/aromatic N) is 4. The van der Waals surface area contributed by atoms with E-state index in [0.29, 0.717) is 47.7 Å². The predicted octanol–water partition coefficient (Wildman–Crippen LogP) is 4.39. The van der Waals surface area contributed by atoms with Gasteiger partial charge in [0.1, 0.15) is 18.5 Å². The summed E-state index contributed by atoms with van der Waals surface area (Å²) in [5.41, 5.74) is 2.62. The van der Waals surface area contributed by atoms with Crippen LogP contribution in [0.15, 0.2) is 73.4 Å². The fourth-order valence-corrected chi connectivity index (χ4v) is 4.69. The lowest BCUT2D eigenvalue weighted by Crippen LogP contribution is -2.34. The summed E-state index contributed by atoms with van der Waals surface area (Å²) in [6, 6.07) is 14.9. The minimum atomic E-state index is -1.09. The van der Waals surface area contributed by atoms with Crippen molar-refractivity contribution >= 4 is 23.2 Å².